The number of carbonyl (C=O) groups excluding carboxylic acids is 4. The first-order chi connectivity index (χ1) is 17.1. The van der Waals surface area contributed by atoms with E-state index in [1.807, 2.05) is 27.7 Å². The number of fused-ring (bicyclic) bond motifs is 1. The number of likely N-dealkylation sites (tertiary alicyclic amines) is 1. The average Bonchev–Trinajstić information content (AvgIpc) is 3.57. The molecule has 0 aliphatic carbocycles. The van der Waals surface area contributed by atoms with E-state index in [9.17, 15) is 23.2 Å². The van der Waals surface area contributed by atoms with Gasteiger partial charge in [0, 0.05) is 25.9 Å². The molecule has 0 saturated carbocycles. The minimum atomic E-state index is -3.02. The first-order valence-electron chi connectivity index (χ1n) is 12.8. The molecule has 9 heteroatoms. The van der Waals surface area contributed by atoms with Crippen molar-refractivity contribution < 1.29 is 28.0 Å². The number of rotatable bonds is 3. The molecule has 2 fully saturated rings. The fourth-order valence-corrected chi connectivity index (χ4v) is 4.20. The molecule has 0 aromatic heterocycles. The Kier molecular flexibility index (Phi) is 15.6. The Hall–Kier alpha value is -2.68. The first kappa shape index (κ1) is 33.3. The molecule has 4 rings (SSSR count). The number of hydrogen-bond donors (Lipinski definition) is 1. The van der Waals surface area contributed by atoms with E-state index in [0.29, 0.717) is 12.7 Å². The van der Waals surface area contributed by atoms with Gasteiger partial charge in [0.25, 0.3) is 5.92 Å². The molecule has 3 aliphatic rings. The maximum absolute atomic E-state index is 13.1. The van der Waals surface area contributed by atoms with Crippen molar-refractivity contribution in [3.63, 3.8) is 0 Å². The summed E-state index contributed by atoms with van der Waals surface area (Å²) in [5.74, 6) is -3.88. The quantitative estimate of drug-likeness (QED) is 0.616. The number of alkyl halides is 2. The summed E-state index contributed by atoms with van der Waals surface area (Å²) < 4.78 is 26.2. The van der Waals surface area contributed by atoms with Crippen LogP contribution in [0.5, 0.6) is 0 Å². The Bertz CT molecular complexity index is 848. The van der Waals surface area contributed by atoms with Crippen LogP contribution in [0.4, 0.5) is 8.78 Å². The molecule has 204 valence electrons. The summed E-state index contributed by atoms with van der Waals surface area (Å²) >= 11 is 0. The van der Waals surface area contributed by atoms with E-state index in [1.165, 1.54) is 18.1 Å². The summed E-state index contributed by atoms with van der Waals surface area (Å²) in [5, 5.41) is 2.41. The van der Waals surface area contributed by atoms with Gasteiger partial charge in [-0.2, -0.15) is 0 Å². The number of hydrogen-bond acceptors (Lipinski definition) is 5. The fourth-order valence-electron chi connectivity index (χ4n) is 4.20. The predicted octanol–water partition coefficient (Wildman–Crippen LogP) is 4.15. The Balaban J connectivity index is 0.000000563. The molecule has 2 saturated heterocycles. The van der Waals surface area contributed by atoms with Gasteiger partial charge in [-0.15, -0.1) is 0 Å². The third-order valence-corrected chi connectivity index (χ3v) is 5.66. The molecule has 7 nitrogen and oxygen atoms in total. The van der Waals surface area contributed by atoms with Crippen LogP contribution in [0.1, 0.15) is 77.5 Å². The molecule has 2 amide bonds. The molecule has 2 unspecified atom stereocenters. The Labute approximate surface area is 214 Å². The molecule has 1 N–H and O–H groups in total. The number of benzene rings is 1. The van der Waals surface area contributed by atoms with Crippen LogP contribution in [0.25, 0.3) is 0 Å². The monoisotopic (exact) mass is 511 g/mol. The zero-order valence-corrected chi connectivity index (χ0v) is 22.8. The lowest BCUT2D eigenvalue weighted by molar-refractivity contribution is -0.137. The minimum Gasteiger partial charge on any atom is -0.344 e. The standard InChI is InChI=1S/C11H15N.C10H12F2N2O3.C2H4O.2C2H6/c1-3-9-5-4-6-10-7-12(2)8-11(9)10;11-10(12)3-6(4-15)14(5-10)9(17)7-1-2-8(16)13-7;1-2-3;2*1-2/h4-6H,3,7-8H2,1-2H3;4,6-7H,1-3,5H2,(H,13,16);2H,1H3;2*1-2H3. The van der Waals surface area contributed by atoms with E-state index >= 15 is 0 Å². The number of nitrogens with one attached hydrogen (secondary N) is 1. The molecule has 0 bridgehead atoms. The van der Waals surface area contributed by atoms with E-state index in [2.05, 4.69) is 42.4 Å². The number of carbonyl (C=O) groups is 4. The van der Waals surface area contributed by atoms with Gasteiger partial charge in [-0.3, -0.25) is 14.5 Å². The molecule has 0 spiro atoms. The van der Waals surface area contributed by atoms with Gasteiger partial charge in [-0.1, -0.05) is 52.8 Å². The molecule has 2 atom stereocenters. The second kappa shape index (κ2) is 16.9. The molecule has 3 aliphatic heterocycles. The van der Waals surface area contributed by atoms with Crippen molar-refractivity contribution in [3.8, 4) is 0 Å². The third kappa shape index (κ3) is 9.76. The molecule has 3 heterocycles. The number of nitrogens with zero attached hydrogens (tertiary/aromatic N) is 2. The van der Waals surface area contributed by atoms with Crippen LogP contribution >= 0.6 is 0 Å². The topological polar surface area (TPSA) is 86.8 Å². The van der Waals surface area contributed by atoms with E-state index in [0.717, 1.165) is 30.7 Å². The number of amides is 2. The van der Waals surface area contributed by atoms with Gasteiger partial charge in [0.05, 0.1) is 12.6 Å². The van der Waals surface area contributed by atoms with Crippen molar-refractivity contribution in [2.45, 2.75) is 98.3 Å². The van der Waals surface area contributed by atoms with Gasteiger partial charge in [-0.05, 0) is 43.5 Å². The van der Waals surface area contributed by atoms with Gasteiger partial charge in [0.15, 0.2) is 0 Å². The van der Waals surface area contributed by atoms with Gasteiger partial charge in [0.2, 0.25) is 11.8 Å². The zero-order valence-electron chi connectivity index (χ0n) is 22.8. The van der Waals surface area contributed by atoms with Gasteiger partial charge >= 0.3 is 0 Å². The van der Waals surface area contributed by atoms with Crippen LogP contribution in [0.15, 0.2) is 18.2 Å². The summed E-state index contributed by atoms with van der Waals surface area (Å²) in [4.78, 5) is 45.5. The first-order valence-corrected chi connectivity index (χ1v) is 12.8. The highest BCUT2D eigenvalue weighted by molar-refractivity contribution is 5.92. The van der Waals surface area contributed by atoms with Gasteiger partial charge in [0.1, 0.15) is 18.6 Å². The number of aldehydes is 2. The number of aryl methyl sites for hydroxylation is 1. The summed E-state index contributed by atoms with van der Waals surface area (Å²) in [7, 11) is 2.18. The van der Waals surface area contributed by atoms with Crippen LogP contribution in [0, 0.1) is 0 Å². The number of halogens is 2. The summed E-state index contributed by atoms with van der Waals surface area (Å²) in [5.41, 5.74) is 4.62. The van der Waals surface area contributed by atoms with Crippen molar-refractivity contribution >= 4 is 24.4 Å². The van der Waals surface area contributed by atoms with Crippen LogP contribution in [-0.4, -0.2) is 65.8 Å². The zero-order chi connectivity index (χ0) is 27.9. The SMILES string of the molecule is CC.CC.CC=O.CCc1cccc2c1CN(C)C2.O=CC1CC(F)(F)CN1C(=O)C1CCC(=O)N1. The summed E-state index contributed by atoms with van der Waals surface area (Å²) in [6, 6.07) is 4.82. The summed E-state index contributed by atoms with van der Waals surface area (Å²) in [6.45, 7) is 13.2. The second-order valence-corrected chi connectivity index (χ2v) is 8.20. The maximum atomic E-state index is 13.1. The smallest absolute Gasteiger partial charge is 0.267 e. The molecule has 0 radical (unpaired) electrons. The van der Waals surface area contributed by atoms with Crippen molar-refractivity contribution in [1.29, 1.82) is 0 Å². The van der Waals surface area contributed by atoms with E-state index in [1.54, 1.807) is 5.56 Å². The van der Waals surface area contributed by atoms with E-state index < -0.39 is 36.9 Å². The maximum Gasteiger partial charge on any atom is 0.267 e. The van der Waals surface area contributed by atoms with Gasteiger partial charge in [-0.25, -0.2) is 8.78 Å². The fraction of sp³-hybridized carbons (Fsp3) is 0.630. The lowest BCUT2D eigenvalue weighted by Gasteiger charge is -2.23. The van der Waals surface area contributed by atoms with Crippen molar-refractivity contribution in [3.05, 3.63) is 34.9 Å². The van der Waals surface area contributed by atoms with Crippen molar-refractivity contribution in [1.82, 2.24) is 15.1 Å². The largest absolute Gasteiger partial charge is 0.344 e. The molecular weight excluding hydrogens is 468 g/mol. The molecule has 36 heavy (non-hydrogen) atoms. The summed E-state index contributed by atoms with van der Waals surface area (Å²) in [6.07, 6.45) is 2.15. The van der Waals surface area contributed by atoms with Crippen LogP contribution in [-0.2, 0) is 38.7 Å². The lowest BCUT2D eigenvalue weighted by atomic mass is 10.0. The second-order valence-electron chi connectivity index (χ2n) is 8.20. The third-order valence-electron chi connectivity index (χ3n) is 5.66. The Morgan fingerprint density at radius 1 is 1.17 bits per heavy atom. The van der Waals surface area contributed by atoms with Crippen LogP contribution in [0.3, 0.4) is 0 Å². The van der Waals surface area contributed by atoms with Crippen LogP contribution in [0.2, 0.25) is 0 Å². The molecule has 1 aromatic rings. The van der Waals surface area contributed by atoms with E-state index in [-0.39, 0.29) is 12.3 Å². The highest BCUT2D eigenvalue weighted by atomic mass is 19.3. The minimum absolute atomic E-state index is 0.215. The van der Waals surface area contributed by atoms with Gasteiger partial charge < -0.3 is 19.8 Å². The van der Waals surface area contributed by atoms with Crippen LogP contribution < -0.4 is 5.32 Å². The van der Waals surface area contributed by atoms with Crippen molar-refractivity contribution in [2.75, 3.05) is 13.6 Å². The highest BCUT2D eigenvalue weighted by Gasteiger charge is 2.48. The molecular formula is C27H43F2N3O4. The molecule has 1 aromatic carbocycles. The Morgan fingerprint density at radius 3 is 2.28 bits per heavy atom. The predicted molar refractivity (Wildman–Crippen MR) is 138 cm³/mol. The average molecular weight is 512 g/mol. The normalized spacial score (nSPS) is 21.0. The Morgan fingerprint density at radius 2 is 1.78 bits per heavy atom. The van der Waals surface area contributed by atoms with Crippen molar-refractivity contribution in [2.24, 2.45) is 0 Å². The van der Waals surface area contributed by atoms with E-state index in [4.69, 9.17) is 4.79 Å². The highest BCUT2D eigenvalue weighted by Crippen LogP contribution is 2.32. The lowest BCUT2D eigenvalue weighted by Crippen LogP contribution is -2.47.